The molecule has 1 fully saturated rings. The van der Waals surface area contributed by atoms with Crippen LogP contribution in [0.3, 0.4) is 0 Å². The number of aromatic nitrogens is 2. The van der Waals surface area contributed by atoms with E-state index in [4.69, 9.17) is 25.1 Å². The molecule has 2 heterocycles. The van der Waals surface area contributed by atoms with Gasteiger partial charge in [0.15, 0.2) is 5.75 Å². The number of hydrogen-bond acceptors (Lipinski definition) is 10. The Morgan fingerprint density at radius 2 is 1.81 bits per heavy atom. The van der Waals surface area contributed by atoms with Crippen molar-refractivity contribution in [2.45, 2.75) is 13.3 Å². The highest BCUT2D eigenvalue weighted by Gasteiger charge is 2.29. The van der Waals surface area contributed by atoms with Crippen LogP contribution in [0.1, 0.15) is 18.1 Å². The summed E-state index contributed by atoms with van der Waals surface area (Å²) in [4.78, 5) is 8.04. The number of ether oxygens (including phenoxy) is 2. The Labute approximate surface area is 210 Å². The van der Waals surface area contributed by atoms with Gasteiger partial charge in [0.05, 0.1) is 25.4 Å². The normalized spacial score (nSPS) is 14.4. The highest BCUT2D eigenvalue weighted by atomic mass is 32.2. The summed E-state index contributed by atoms with van der Waals surface area (Å²) in [6.07, 6.45) is 1.87. The lowest BCUT2D eigenvalue weighted by Gasteiger charge is -2.26. The van der Waals surface area contributed by atoms with Gasteiger partial charge in [0, 0.05) is 44.0 Å². The predicted octanol–water partition coefficient (Wildman–Crippen LogP) is 2.30. The molecule has 36 heavy (non-hydrogen) atoms. The minimum absolute atomic E-state index is 0.0762. The second-order valence-corrected chi connectivity index (χ2v) is 9.63. The summed E-state index contributed by atoms with van der Waals surface area (Å²) in [5, 5.41) is 3.08. The molecule has 5 N–H and O–H groups in total. The SMILES string of the molecule is CCOc1cc(Cc2cnc(N)nc2N)cc(OS(=O)(=O)N2CCOCC2)c1-c1ccc(NC)cc1. The van der Waals surface area contributed by atoms with E-state index in [0.29, 0.717) is 48.7 Å². The monoisotopic (exact) mass is 514 g/mol. The Morgan fingerprint density at radius 1 is 1.11 bits per heavy atom. The van der Waals surface area contributed by atoms with Crippen LogP contribution in [0.4, 0.5) is 17.5 Å². The molecular formula is C24H30N6O5S. The maximum atomic E-state index is 13.2. The molecule has 0 unspecified atom stereocenters. The molecule has 2 aromatic carbocycles. The maximum absolute atomic E-state index is 13.2. The van der Waals surface area contributed by atoms with E-state index in [1.54, 1.807) is 12.3 Å². The molecule has 3 aromatic rings. The molecule has 11 nitrogen and oxygen atoms in total. The van der Waals surface area contributed by atoms with Gasteiger partial charge in [-0.1, -0.05) is 12.1 Å². The quantitative estimate of drug-likeness (QED) is 0.387. The minimum atomic E-state index is -4.10. The molecule has 0 atom stereocenters. The number of morpholine rings is 1. The number of nitrogens with two attached hydrogens (primary N) is 2. The van der Waals surface area contributed by atoms with E-state index in [-0.39, 0.29) is 30.6 Å². The summed E-state index contributed by atoms with van der Waals surface area (Å²) >= 11 is 0. The van der Waals surface area contributed by atoms with Crippen LogP contribution in [0.5, 0.6) is 11.5 Å². The zero-order valence-electron chi connectivity index (χ0n) is 20.2. The van der Waals surface area contributed by atoms with Gasteiger partial charge in [0.25, 0.3) is 0 Å². The van der Waals surface area contributed by atoms with E-state index in [1.165, 1.54) is 4.31 Å². The van der Waals surface area contributed by atoms with Crippen LogP contribution in [0.15, 0.2) is 42.6 Å². The molecule has 1 aliphatic heterocycles. The lowest BCUT2D eigenvalue weighted by molar-refractivity contribution is 0.0698. The van der Waals surface area contributed by atoms with Crippen molar-refractivity contribution in [1.29, 1.82) is 0 Å². The molecule has 0 radical (unpaired) electrons. The van der Waals surface area contributed by atoms with Crippen molar-refractivity contribution in [2.75, 3.05) is 56.7 Å². The van der Waals surface area contributed by atoms with Crippen LogP contribution in [0.25, 0.3) is 11.1 Å². The van der Waals surface area contributed by atoms with Gasteiger partial charge in [-0.2, -0.15) is 17.7 Å². The van der Waals surface area contributed by atoms with Crippen LogP contribution in [-0.2, 0) is 21.5 Å². The molecule has 0 aliphatic carbocycles. The fourth-order valence-electron chi connectivity index (χ4n) is 3.90. The summed E-state index contributed by atoms with van der Waals surface area (Å²) in [7, 11) is -2.27. The molecule has 0 amide bonds. The predicted molar refractivity (Wildman–Crippen MR) is 138 cm³/mol. The fraction of sp³-hybridized carbons (Fsp3) is 0.333. The second kappa shape index (κ2) is 11.0. The summed E-state index contributed by atoms with van der Waals surface area (Å²) in [5.74, 6) is 0.951. The van der Waals surface area contributed by atoms with Gasteiger partial charge in [-0.3, -0.25) is 0 Å². The first-order valence-corrected chi connectivity index (χ1v) is 12.9. The van der Waals surface area contributed by atoms with Gasteiger partial charge in [0.2, 0.25) is 5.95 Å². The first-order valence-electron chi connectivity index (χ1n) is 11.5. The molecule has 1 saturated heterocycles. The highest BCUT2D eigenvalue weighted by Crippen LogP contribution is 2.42. The number of hydrogen-bond donors (Lipinski definition) is 3. The van der Waals surface area contributed by atoms with Gasteiger partial charge in [-0.15, -0.1) is 0 Å². The van der Waals surface area contributed by atoms with Gasteiger partial charge in [-0.05, 0) is 42.3 Å². The van der Waals surface area contributed by atoms with Crippen LogP contribution >= 0.6 is 0 Å². The van der Waals surface area contributed by atoms with Crippen molar-refractivity contribution in [2.24, 2.45) is 0 Å². The third-order valence-electron chi connectivity index (χ3n) is 5.68. The molecule has 1 aliphatic rings. The van der Waals surface area contributed by atoms with Crippen LogP contribution in [-0.4, -0.2) is 62.6 Å². The van der Waals surface area contributed by atoms with Crippen molar-refractivity contribution in [3.05, 3.63) is 53.7 Å². The summed E-state index contributed by atoms with van der Waals surface area (Å²) in [6, 6.07) is 11.1. The number of rotatable bonds is 9. The Hall–Kier alpha value is -3.61. The van der Waals surface area contributed by atoms with E-state index in [2.05, 4.69) is 15.3 Å². The number of nitrogens with one attached hydrogen (secondary N) is 1. The lowest BCUT2D eigenvalue weighted by Crippen LogP contribution is -2.42. The second-order valence-electron chi connectivity index (χ2n) is 8.10. The topological polar surface area (TPSA) is 155 Å². The smallest absolute Gasteiger partial charge is 0.385 e. The van der Waals surface area contributed by atoms with E-state index in [1.807, 2.05) is 44.3 Å². The fourth-order valence-corrected chi connectivity index (χ4v) is 4.96. The molecule has 4 rings (SSSR count). The number of benzene rings is 2. The number of nitrogen functional groups attached to an aromatic ring is 2. The zero-order chi connectivity index (χ0) is 25.7. The van der Waals surface area contributed by atoms with E-state index in [9.17, 15) is 8.42 Å². The summed E-state index contributed by atoms with van der Waals surface area (Å²) < 4.78 is 44.7. The Kier molecular flexibility index (Phi) is 7.77. The summed E-state index contributed by atoms with van der Waals surface area (Å²) in [6.45, 7) is 3.27. The average molecular weight is 515 g/mol. The standard InChI is InChI=1S/C24H30N6O5S/c1-3-34-20-13-16(12-18-15-28-24(26)29-23(18)25)14-21(22(20)17-4-6-19(27-2)7-5-17)35-36(31,32)30-8-10-33-11-9-30/h4-7,13-15,27H,3,8-12H2,1-2H3,(H4,25,26,28,29). The Bertz CT molecular complexity index is 1310. The lowest BCUT2D eigenvalue weighted by atomic mass is 9.98. The molecule has 0 bridgehead atoms. The largest absolute Gasteiger partial charge is 0.493 e. The minimum Gasteiger partial charge on any atom is -0.493 e. The average Bonchev–Trinajstić information content (AvgIpc) is 2.86. The molecule has 0 saturated carbocycles. The first kappa shape index (κ1) is 25.5. The summed E-state index contributed by atoms with van der Waals surface area (Å²) in [5.41, 5.74) is 15.2. The van der Waals surface area contributed by atoms with Crippen molar-refractivity contribution in [3.8, 4) is 22.6 Å². The van der Waals surface area contributed by atoms with Crippen LogP contribution < -0.4 is 25.7 Å². The van der Waals surface area contributed by atoms with Gasteiger partial charge in [-0.25, -0.2) is 4.98 Å². The van der Waals surface area contributed by atoms with Crippen LogP contribution in [0, 0.1) is 0 Å². The molecule has 192 valence electrons. The molecule has 1 aromatic heterocycles. The first-order chi connectivity index (χ1) is 17.3. The molecule has 12 heteroatoms. The zero-order valence-corrected chi connectivity index (χ0v) is 21.0. The van der Waals surface area contributed by atoms with Gasteiger partial charge in [0.1, 0.15) is 11.6 Å². The third kappa shape index (κ3) is 5.78. The van der Waals surface area contributed by atoms with Crippen molar-refractivity contribution < 1.29 is 22.1 Å². The van der Waals surface area contributed by atoms with Crippen molar-refractivity contribution in [1.82, 2.24) is 14.3 Å². The van der Waals surface area contributed by atoms with E-state index < -0.39 is 10.3 Å². The maximum Gasteiger partial charge on any atom is 0.385 e. The van der Waals surface area contributed by atoms with E-state index >= 15 is 0 Å². The van der Waals surface area contributed by atoms with Gasteiger partial charge < -0.3 is 30.4 Å². The van der Waals surface area contributed by atoms with Crippen molar-refractivity contribution >= 4 is 27.8 Å². The van der Waals surface area contributed by atoms with Gasteiger partial charge >= 0.3 is 10.3 Å². The Morgan fingerprint density at radius 3 is 2.44 bits per heavy atom. The number of nitrogens with zero attached hydrogens (tertiary/aromatic N) is 3. The molecule has 0 spiro atoms. The number of anilines is 3. The third-order valence-corrected chi connectivity index (χ3v) is 7.07. The van der Waals surface area contributed by atoms with E-state index in [0.717, 1.165) is 11.3 Å². The molecular weight excluding hydrogens is 484 g/mol. The highest BCUT2D eigenvalue weighted by molar-refractivity contribution is 7.84. The van der Waals surface area contributed by atoms with Crippen LogP contribution in [0.2, 0.25) is 0 Å². The Balaban J connectivity index is 1.82. The van der Waals surface area contributed by atoms with Crippen molar-refractivity contribution in [3.63, 3.8) is 0 Å².